The maximum absolute atomic E-state index is 12.7. The molecule has 0 radical (unpaired) electrons. The molecule has 0 unspecified atom stereocenters. The Bertz CT molecular complexity index is 1150. The quantitative estimate of drug-likeness (QED) is 0.450. The van der Waals surface area contributed by atoms with E-state index < -0.39 is 0 Å². The van der Waals surface area contributed by atoms with Crippen LogP contribution < -0.4 is 10.1 Å². The predicted molar refractivity (Wildman–Crippen MR) is 115 cm³/mol. The summed E-state index contributed by atoms with van der Waals surface area (Å²) >= 11 is 11.9. The van der Waals surface area contributed by atoms with Gasteiger partial charge in [0.25, 0.3) is 5.91 Å². The normalized spacial score (nSPS) is 10.7. The van der Waals surface area contributed by atoms with Crippen LogP contribution in [-0.4, -0.2) is 25.5 Å². The molecule has 1 amide bonds. The molecule has 1 N–H and O–H groups in total. The van der Waals surface area contributed by atoms with Gasteiger partial charge in [0.05, 0.1) is 6.54 Å². The first kappa shape index (κ1) is 20.0. The second-order valence-electron chi connectivity index (χ2n) is 6.43. The lowest BCUT2D eigenvalue weighted by molar-refractivity contribution is 0.100. The molecule has 30 heavy (non-hydrogen) atoms. The Balaban J connectivity index is 1.38. The standard InChI is InChI=1S/C21H17Cl2N5O2/c22-16-4-6-18(7-5-16)30-14-28-19(8-10-24-28)21(29)25-20-9-11-27(26-20)13-15-2-1-3-17(23)12-15/h1-12H,13-14H2,(H,25,26,29). The first-order valence-corrected chi connectivity index (χ1v) is 9.82. The number of benzene rings is 2. The summed E-state index contributed by atoms with van der Waals surface area (Å²) in [5.41, 5.74) is 1.37. The van der Waals surface area contributed by atoms with E-state index in [1.54, 1.807) is 47.3 Å². The summed E-state index contributed by atoms with van der Waals surface area (Å²) < 4.78 is 8.85. The third kappa shape index (κ3) is 5.00. The Morgan fingerprint density at radius 3 is 2.67 bits per heavy atom. The van der Waals surface area contributed by atoms with E-state index >= 15 is 0 Å². The first-order valence-electron chi connectivity index (χ1n) is 9.06. The van der Waals surface area contributed by atoms with Crippen molar-refractivity contribution < 1.29 is 9.53 Å². The molecular weight excluding hydrogens is 425 g/mol. The molecule has 2 aromatic carbocycles. The molecule has 2 aromatic heterocycles. The third-order valence-corrected chi connectivity index (χ3v) is 4.72. The van der Waals surface area contributed by atoms with Crippen LogP contribution in [0.25, 0.3) is 0 Å². The lowest BCUT2D eigenvalue weighted by atomic mass is 10.2. The highest BCUT2D eigenvalue weighted by molar-refractivity contribution is 6.30. The molecular formula is C21H17Cl2N5O2. The zero-order chi connectivity index (χ0) is 20.9. The van der Waals surface area contributed by atoms with Gasteiger partial charge in [-0.1, -0.05) is 35.3 Å². The van der Waals surface area contributed by atoms with Gasteiger partial charge in [0.2, 0.25) is 0 Å². The average Bonchev–Trinajstić information content (AvgIpc) is 3.37. The Morgan fingerprint density at radius 1 is 1.03 bits per heavy atom. The number of halogens is 2. The molecule has 0 fully saturated rings. The van der Waals surface area contributed by atoms with E-state index in [2.05, 4.69) is 15.5 Å². The summed E-state index contributed by atoms with van der Waals surface area (Å²) in [5, 5.41) is 12.6. The van der Waals surface area contributed by atoms with Gasteiger partial charge >= 0.3 is 0 Å². The Labute approximate surface area is 182 Å². The molecule has 0 bridgehead atoms. The highest BCUT2D eigenvalue weighted by Crippen LogP contribution is 2.16. The number of ether oxygens (including phenoxy) is 1. The average molecular weight is 442 g/mol. The molecule has 9 heteroatoms. The second-order valence-corrected chi connectivity index (χ2v) is 7.30. The number of carbonyl (C=O) groups excluding carboxylic acids is 1. The summed E-state index contributed by atoms with van der Waals surface area (Å²) in [5.74, 6) is 0.731. The molecule has 152 valence electrons. The van der Waals surface area contributed by atoms with Crippen molar-refractivity contribution in [2.45, 2.75) is 13.3 Å². The topological polar surface area (TPSA) is 74.0 Å². The molecule has 2 heterocycles. The van der Waals surface area contributed by atoms with E-state index in [-0.39, 0.29) is 12.6 Å². The number of rotatable bonds is 7. The Kier molecular flexibility index (Phi) is 6.02. The molecule has 0 aliphatic carbocycles. The van der Waals surface area contributed by atoms with Gasteiger partial charge in [0, 0.05) is 28.5 Å². The van der Waals surface area contributed by atoms with E-state index in [0.29, 0.717) is 33.9 Å². The summed E-state index contributed by atoms with van der Waals surface area (Å²) in [6.07, 6.45) is 3.33. The van der Waals surface area contributed by atoms with E-state index in [0.717, 1.165) is 5.56 Å². The molecule has 0 aliphatic rings. The van der Waals surface area contributed by atoms with Gasteiger partial charge in [-0.15, -0.1) is 0 Å². The van der Waals surface area contributed by atoms with Crippen LogP contribution in [-0.2, 0) is 13.3 Å². The number of aromatic nitrogens is 4. The van der Waals surface area contributed by atoms with Crippen LogP contribution >= 0.6 is 23.2 Å². The van der Waals surface area contributed by atoms with Crippen LogP contribution in [0.15, 0.2) is 73.1 Å². The molecule has 4 aromatic rings. The Morgan fingerprint density at radius 2 is 1.87 bits per heavy atom. The van der Waals surface area contributed by atoms with Crippen LogP contribution in [0.1, 0.15) is 16.1 Å². The number of amides is 1. The van der Waals surface area contributed by atoms with E-state index in [4.69, 9.17) is 27.9 Å². The summed E-state index contributed by atoms with van der Waals surface area (Å²) in [7, 11) is 0. The van der Waals surface area contributed by atoms with Crippen molar-refractivity contribution in [3.63, 3.8) is 0 Å². The van der Waals surface area contributed by atoms with Crippen LogP contribution in [0.4, 0.5) is 5.82 Å². The molecule has 0 saturated carbocycles. The number of nitrogens with zero attached hydrogens (tertiary/aromatic N) is 4. The van der Waals surface area contributed by atoms with Crippen molar-refractivity contribution in [2.24, 2.45) is 0 Å². The largest absolute Gasteiger partial charge is 0.471 e. The molecule has 0 aliphatic heterocycles. The van der Waals surface area contributed by atoms with Gasteiger partial charge in [0.1, 0.15) is 11.4 Å². The minimum Gasteiger partial charge on any atom is -0.471 e. The lowest BCUT2D eigenvalue weighted by Crippen LogP contribution is -2.20. The minimum absolute atomic E-state index is 0.0839. The van der Waals surface area contributed by atoms with E-state index in [1.165, 1.54) is 10.9 Å². The van der Waals surface area contributed by atoms with Crippen molar-refractivity contribution in [2.75, 3.05) is 5.32 Å². The number of hydrogen-bond acceptors (Lipinski definition) is 4. The predicted octanol–water partition coefficient (Wildman–Crippen LogP) is 4.72. The molecule has 7 nitrogen and oxygen atoms in total. The fraction of sp³-hybridized carbons (Fsp3) is 0.0952. The van der Waals surface area contributed by atoms with Crippen molar-refractivity contribution in [3.8, 4) is 5.75 Å². The molecule has 0 saturated heterocycles. The number of carbonyl (C=O) groups is 1. The minimum atomic E-state index is -0.333. The second kappa shape index (κ2) is 9.02. The van der Waals surface area contributed by atoms with E-state index in [9.17, 15) is 4.79 Å². The lowest BCUT2D eigenvalue weighted by Gasteiger charge is -2.09. The van der Waals surface area contributed by atoms with Crippen LogP contribution in [0, 0.1) is 0 Å². The first-order chi connectivity index (χ1) is 14.6. The third-order valence-electron chi connectivity index (χ3n) is 4.23. The highest BCUT2D eigenvalue weighted by atomic mass is 35.5. The summed E-state index contributed by atoms with van der Waals surface area (Å²) in [6.45, 7) is 0.629. The van der Waals surface area contributed by atoms with Crippen LogP contribution in [0.2, 0.25) is 10.0 Å². The zero-order valence-corrected chi connectivity index (χ0v) is 17.2. The van der Waals surface area contributed by atoms with Crippen molar-refractivity contribution >= 4 is 34.9 Å². The maximum Gasteiger partial charge on any atom is 0.275 e. The van der Waals surface area contributed by atoms with Crippen molar-refractivity contribution in [1.29, 1.82) is 0 Å². The number of hydrogen-bond donors (Lipinski definition) is 1. The fourth-order valence-electron chi connectivity index (χ4n) is 2.81. The maximum atomic E-state index is 12.7. The number of nitrogens with one attached hydrogen (secondary N) is 1. The molecule has 4 rings (SSSR count). The monoisotopic (exact) mass is 441 g/mol. The summed E-state index contributed by atoms with van der Waals surface area (Å²) in [4.78, 5) is 12.7. The number of anilines is 1. The zero-order valence-electron chi connectivity index (χ0n) is 15.7. The van der Waals surface area contributed by atoms with Crippen LogP contribution in [0.3, 0.4) is 0 Å². The van der Waals surface area contributed by atoms with Gasteiger partial charge < -0.3 is 10.1 Å². The Hall–Kier alpha value is -3.29. The fourth-order valence-corrected chi connectivity index (χ4v) is 3.15. The summed E-state index contributed by atoms with van der Waals surface area (Å²) in [6, 6.07) is 17.8. The van der Waals surface area contributed by atoms with Gasteiger partial charge in [-0.25, -0.2) is 4.68 Å². The molecule has 0 spiro atoms. The van der Waals surface area contributed by atoms with Crippen LogP contribution in [0.5, 0.6) is 5.75 Å². The van der Waals surface area contributed by atoms with Crippen molar-refractivity contribution in [3.05, 3.63) is 94.4 Å². The highest BCUT2D eigenvalue weighted by Gasteiger charge is 2.14. The smallest absolute Gasteiger partial charge is 0.275 e. The molecule has 0 atom stereocenters. The van der Waals surface area contributed by atoms with Crippen molar-refractivity contribution in [1.82, 2.24) is 19.6 Å². The van der Waals surface area contributed by atoms with Gasteiger partial charge in [0.15, 0.2) is 12.5 Å². The van der Waals surface area contributed by atoms with Gasteiger partial charge in [-0.2, -0.15) is 10.2 Å². The van der Waals surface area contributed by atoms with E-state index in [1.807, 2.05) is 24.3 Å². The van der Waals surface area contributed by atoms with Gasteiger partial charge in [-0.05, 0) is 48.0 Å². The SMILES string of the molecule is O=C(Nc1ccn(Cc2cccc(Cl)c2)n1)c1ccnn1COc1ccc(Cl)cc1. The van der Waals surface area contributed by atoms with Gasteiger partial charge in [-0.3, -0.25) is 9.48 Å².